The molecule has 2 rings (SSSR count). The number of carbonyl (C=O) groups is 1. The van der Waals surface area contributed by atoms with Crippen molar-refractivity contribution in [2.24, 2.45) is 5.92 Å². The smallest absolute Gasteiger partial charge is 0.226 e. The first kappa shape index (κ1) is 17.0. The van der Waals surface area contributed by atoms with Gasteiger partial charge in [-0.2, -0.15) is 0 Å². The van der Waals surface area contributed by atoms with Crippen LogP contribution < -0.4 is 10.2 Å². The van der Waals surface area contributed by atoms with Gasteiger partial charge in [0.25, 0.3) is 0 Å². The number of amides is 1. The van der Waals surface area contributed by atoms with Gasteiger partial charge in [-0.05, 0) is 69.0 Å². The summed E-state index contributed by atoms with van der Waals surface area (Å²) in [5.74, 6) is 0.896. The van der Waals surface area contributed by atoms with Crippen molar-refractivity contribution in [1.82, 2.24) is 5.32 Å². The number of nitrogens with one attached hydrogen (secondary N) is 1. The molecular weight excluding hydrogens is 272 g/mol. The summed E-state index contributed by atoms with van der Waals surface area (Å²) in [7, 11) is 1.87. The minimum Gasteiger partial charge on any atom is -0.316 e. The molecule has 1 saturated heterocycles. The zero-order valence-corrected chi connectivity index (χ0v) is 13.4. The topological polar surface area (TPSA) is 32.3 Å². The Balaban J connectivity index is 0.00000200. The number of anilines is 1. The summed E-state index contributed by atoms with van der Waals surface area (Å²) in [6.07, 6.45) is 2.86. The van der Waals surface area contributed by atoms with E-state index in [-0.39, 0.29) is 18.3 Å². The first-order valence-corrected chi connectivity index (χ1v) is 7.12. The number of benzene rings is 1. The fraction of sp³-hybridized carbons (Fsp3) is 0.562. The average Bonchev–Trinajstić information content (AvgIpc) is 2.91. The quantitative estimate of drug-likeness (QED) is 0.926. The molecule has 1 N–H and O–H groups in total. The highest BCUT2D eigenvalue weighted by Crippen LogP contribution is 2.20. The molecule has 112 valence electrons. The van der Waals surface area contributed by atoms with Gasteiger partial charge in [-0.3, -0.25) is 4.79 Å². The first-order valence-electron chi connectivity index (χ1n) is 7.12. The monoisotopic (exact) mass is 296 g/mol. The summed E-state index contributed by atoms with van der Waals surface area (Å²) in [6, 6.07) is 6.19. The van der Waals surface area contributed by atoms with Crippen molar-refractivity contribution in [2.75, 3.05) is 25.0 Å². The normalized spacial score (nSPS) is 17.6. The van der Waals surface area contributed by atoms with E-state index in [2.05, 4.69) is 31.3 Å². The fourth-order valence-electron chi connectivity index (χ4n) is 2.53. The van der Waals surface area contributed by atoms with Gasteiger partial charge >= 0.3 is 0 Å². The third-order valence-corrected chi connectivity index (χ3v) is 4.18. The van der Waals surface area contributed by atoms with Crippen molar-refractivity contribution in [3.8, 4) is 0 Å². The Morgan fingerprint density at radius 3 is 2.70 bits per heavy atom. The van der Waals surface area contributed by atoms with E-state index in [1.165, 1.54) is 17.5 Å². The van der Waals surface area contributed by atoms with Crippen LogP contribution in [0, 0.1) is 19.8 Å². The SMILES string of the molecule is Cc1ccc(N(C)C(=O)CCC2CCNC2)cc1C.Cl. The lowest BCUT2D eigenvalue weighted by atomic mass is 10.0. The first-order chi connectivity index (χ1) is 9.08. The number of aryl methyl sites for hydroxylation is 2. The second-order valence-corrected chi connectivity index (χ2v) is 5.62. The zero-order valence-electron chi connectivity index (χ0n) is 12.6. The molecule has 3 nitrogen and oxygen atoms in total. The lowest BCUT2D eigenvalue weighted by Crippen LogP contribution is -2.26. The Morgan fingerprint density at radius 2 is 2.10 bits per heavy atom. The highest BCUT2D eigenvalue weighted by Gasteiger charge is 2.18. The minimum atomic E-state index is 0. The number of hydrogen-bond donors (Lipinski definition) is 1. The molecular formula is C16H25ClN2O. The van der Waals surface area contributed by atoms with Crippen molar-refractivity contribution < 1.29 is 4.79 Å². The van der Waals surface area contributed by atoms with Gasteiger partial charge in [0, 0.05) is 19.2 Å². The van der Waals surface area contributed by atoms with Crippen LogP contribution >= 0.6 is 12.4 Å². The molecule has 1 aliphatic rings. The van der Waals surface area contributed by atoms with Gasteiger partial charge in [0.1, 0.15) is 0 Å². The van der Waals surface area contributed by atoms with Gasteiger partial charge < -0.3 is 10.2 Å². The van der Waals surface area contributed by atoms with Crippen molar-refractivity contribution in [1.29, 1.82) is 0 Å². The van der Waals surface area contributed by atoms with E-state index in [0.717, 1.165) is 25.2 Å². The summed E-state index contributed by atoms with van der Waals surface area (Å²) in [6.45, 7) is 6.35. The summed E-state index contributed by atoms with van der Waals surface area (Å²) in [4.78, 5) is 14.0. The highest BCUT2D eigenvalue weighted by atomic mass is 35.5. The standard InChI is InChI=1S/C16H24N2O.ClH/c1-12-4-6-15(10-13(12)2)18(3)16(19)7-5-14-8-9-17-11-14;/h4,6,10,14,17H,5,7-9,11H2,1-3H3;1H. The van der Waals surface area contributed by atoms with Crippen LogP contribution in [0.4, 0.5) is 5.69 Å². The van der Waals surface area contributed by atoms with E-state index in [4.69, 9.17) is 0 Å². The van der Waals surface area contributed by atoms with E-state index in [1.807, 2.05) is 13.1 Å². The number of hydrogen-bond acceptors (Lipinski definition) is 2. The van der Waals surface area contributed by atoms with Crippen LogP contribution in [-0.2, 0) is 4.79 Å². The number of halogens is 1. The summed E-state index contributed by atoms with van der Waals surface area (Å²) < 4.78 is 0. The molecule has 1 aliphatic heterocycles. The Morgan fingerprint density at radius 1 is 1.35 bits per heavy atom. The Hall–Kier alpha value is -1.06. The maximum atomic E-state index is 12.2. The molecule has 1 aromatic carbocycles. The molecule has 0 radical (unpaired) electrons. The van der Waals surface area contributed by atoms with E-state index in [0.29, 0.717) is 12.3 Å². The molecule has 1 atom stereocenters. The summed E-state index contributed by atoms with van der Waals surface area (Å²) >= 11 is 0. The lowest BCUT2D eigenvalue weighted by Gasteiger charge is -2.19. The van der Waals surface area contributed by atoms with Crippen molar-refractivity contribution in [2.45, 2.75) is 33.1 Å². The number of nitrogens with zero attached hydrogens (tertiary/aromatic N) is 1. The molecule has 0 saturated carbocycles. The molecule has 4 heteroatoms. The predicted molar refractivity (Wildman–Crippen MR) is 86.8 cm³/mol. The molecule has 1 fully saturated rings. The van der Waals surface area contributed by atoms with Crippen molar-refractivity contribution in [3.05, 3.63) is 29.3 Å². The maximum absolute atomic E-state index is 12.2. The molecule has 0 aromatic heterocycles. The van der Waals surface area contributed by atoms with E-state index < -0.39 is 0 Å². The maximum Gasteiger partial charge on any atom is 0.226 e. The highest BCUT2D eigenvalue weighted by molar-refractivity contribution is 5.92. The number of rotatable bonds is 4. The van der Waals surface area contributed by atoms with Gasteiger partial charge in [0.2, 0.25) is 5.91 Å². The molecule has 0 bridgehead atoms. The van der Waals surface area contributed by atoms with Gasteiger partial charge in [0.15, 0.2) is 0 Å². The third kappa shape index (κ3) is 4.22. The van der Waals surface area contributed by atoms with E-state index in [9.17, 15) is 4.79 Å². The van der Waals surface area contributed by atoms with E-state index in [1.54, 1.807) is 4.90 Å². The molecule has 1 heterocycles. The predicted octanol–water partition coefficient (Wildman–Crippen LogP) is 3.08. The molecule has 1 unspecified atom stereocenters. The van der Waals surface area contributed by atoms with Crippen molar-refractivity contribution >= 4 is 24.0 Å². The van der Waals surface area contributed by atoms with Gasteiger partial charge in [0.05, 0.1) is 0 Å². The minimum absolute atomic E-state index is 0. The second-order valence-electron chi connectivity index (χ2n) is 5.62. The largest absolute Gasteiger partial charge is 0.316 e. The van der Waals surface area contributed by atoms with Crippen LogP contribution in [0.5, 0.6) is 0 Å². The van der Waals surface area contributed by atoms with Crippen LogP contribution in [0.2, 0.25) is 0 Å². The van der Waals surface area contributed by atoms with Crippen LogP contribution in [0.1, 0.15) is 30.4 Å². The Kier molecular flexibility index (Phi) is 6.50. The molecule has 20 heavy (non-hydrogen) atoms. The van der Waals surface area contributed by atoms with Gasteiger partial charge in [-0.25, -0.2) is 0 Å². The average molecular weight is 297 g/mol. The molecule has 0 aliphatic carbocycles. The summed E-state index contributed by atoms with van der Waals surface area (Å²) in [5, 5.41) is 3.35. The lowest BCUT2D eigenvalue weighted by molar-refractivity contribution is -0.118. The van der Waals surface area contributed by atoms with Crippen LogP contribution in [0.15, 0.2) is 18.2 Å². The van der Waals surface area contributed by atoms with Gasteiger partial charge in [-0.15, -0.1) is 12.4 Å². The van der Waals surface area contributed by atoms with E-state index >= 15 is 0 Å². The molecule has 1 amide bonds. The number of carbonyl (C=O) groups excluding carboxylic acids is 1. The Labute approximate surface area is 128 Å². The van der Waals surface area contributed by atoms with Crippen LogP contribution in [-0.4, -0.2) is 26.0 Å². The Bertz CT molecular complexity index is 456. The van der Waals surface area contributed by atoms with Crippen LogP contribution in [0.3, 0.4) is 0 Å². The molecule has 1 aromatic rings. The second kappa shape index (κ2) is 7.65. The fourth-order valence-corrected chi connectivity index (χ4v) is 2.53. The third-order valence-electron chi connectivity index (χ3n) is 4.18. The van der Waals surface area contributed by atoms with Gasteiger partial charge in [-0.1, -0.05) is 6.07 Å². The van der Waals surface area contributed by atoms with Crippen LogP contribution in [0.25, 0.3) is 0 Å². The summed E-state index contributed by atoms with van der Waals surface area (Å²) in [5.41, 5.74) is 3.50. The zero-order chi connectivity index (χ0) is 13.8. The van der Waals surface area contributed by atoms with Crippen molar-refractivity contribution in [3.63, 3.8) is 0 Å². The molecule has 0 spiro atoms.